The first-order chi connectivity index (χ1) is 13.2. The first-order valence-corrected chi connectivity index (χ1v) is 9.14. The lowest BCUT2D eigenvalue weighted by atomic mass is 9.77. The zero-order chi connectivity index (χ0) is 20.7. The van der Waals surface area contributed by atoms with E-state index in [2.05, 4.69) is 0 Å². The summed E-state index contributed by atoms with van der Waals surface area (Å²) in [7, 11) is 2.45. The molecule has 0 N–H and O–H groups in total. The van der Waals surface area contributed by atoms with Crippen LogP contribution in [-0.2, 0) is 23.8 Å². The average molecular weight is 394 g/mol. The van der Waals surface area contributed by atoms with Crippen LogP contribution in [-0.4, -0.2) is 60.5 Å². The molecular weight excluding hydrogens is 368 g/mol. The number of fused-ring (bicyclic) bond motifs is 1. The Morgan fingerprint density at radius 3 is 2.32 bits per heavy atom. The molecule has 3 rings (SSSR count). The molecule has 2 aliphatic rings. The molecule has 9 heteroatoms. The third-order valence-corrected chi connectivity index (χ3v) is 5.13. The molecule has 0 saturated carbocycles. The fourth-order valence-corrected chi connectivity index (χ4v) is 4.13. The van der Waals surface area contributed by atoms with Crippen molar-refractivity contribution in [3.8, 4) is 0 Å². The lowest BCUT2D eigenvalue weighted by Crippen LogP contribution is -2.51. The summed E-state index contributed by atoms with van der Waals surface area (Å²) in [6.07, 6.45) is 1.64. The van der Waals surface area contributed by atoms with Gasteiger partial charge in [0.2, 0.25) is 0 Å². The quantitative estimate of drug-likeness (QED) is 0.437. The Bertz CT molecular complexity index is 737. The zero-order valence-corrected chi connectivity index (χ0v) is 16.8. The molecule has 2 aliphatic heterocycles. The van der Waals surface area contributed by atoms with Crippen LogP contribution in [0, 0.1) is 5.41 Å². The molecule has 1 aromatic heterocycles. The molecule has 0 unspecified atom stereocenters. The van der Waals surface area contributed by atoms with Crippen LogP contribution in [0.3, 0.4) is 0 Å². The van der Waals surface area contributed by atoms with Crippen molar-refractivity contribution in [1.82, 2.24) is 10.0 Å². The molecule has 1 amide bonds. The Balaban J connectivity index is 2.08. The molecule has 0 bridgehead atoms. The number of esters is 2. The van der Waals surface area contributed by atoms with E-state index in [9.17, 15) is 14.4 Å². The summed E-state index contributed by atoms with van der Waals surface area (Å²) in [5.41, 5.74) is -2.33. The van der Waals surface area contributed by atoms with E-state index in [1.165, 1.54) is 25.5 Å². The van der Waals surface area contributed by atoms with Gasteiger partial charge in [0.05, 0.1) is 20.5 Å². The topological polar surface area (TPSA) is 98.5 Å². The lowest BCUT2D eigenvalue weighted by Gasteiger charge is -2.37. The van der Waals surface area contributed by atoms with Gasteiger partial charge in [0, 0.05) is 12.6 Å². The number of rotatable bonds is 3. The second kappa shape index (κ2) is 7.12. The molecule has 0 spiro atoms. The van der Waals surface area contributed by atoms with E-state index in [1.54, 1.807) is 37.9 Å². The summed E-state index contributed by atoms with van der Waals surface area (Å²) in [6, 6.07) is 2.19. The predicted molar refractivity (Wildman–Crippen MR) is 95.7 cm³/mol. The molecular formula is C19H26N2O7. The van der Waals surface area contributed by atoms with Crippen molar-refractivity contribution < 1.29 is 33.0 Å². The minimum atomic E-state index is -1.65. The van der Waals surface area contributed by atoms with E-state index >= 15 is 0 Å². The highest BCUT2D eigenvalue weighted by molar-refractivity contribution is 6.01. The van der Waals surface area contributed by atoms with Crippen LogP contribution in [0.2, 0.25) is 0 Å². The number of hydrogen-bond donors (Lipinski definition) is 0. The van der Waals surface area contributed by atoms with Gasteiger partial charge in [-0.3, -0.25) is 9.59 Å². The zero-order valence-electron chi connectivity index (χ0n) is 16.8. The number of amides is 1. The van der Waals surface area contributed by atoms with Crippen molar-refractivity contribution in [2.24, 2.45) is 5.41 Å². The van der Waals surface area contributed by atoms with Crippen LogP contribution in [0.5, 0.6) is 0 Å². The van der Waals surface area contributed by atoms with Gasteiger partial charge >= 0.3 is 18.0 Å². The van der Waals surface area contributed by atoms with Gasteiger partial charge in [-0.15, -0.1) is 0 Å². The predicted octanol–water partition coefficient (Wildman–Crippen LogP) is 2.28. The van der Waals surface area contributed by atoms with Gasteiger partial charge in [0.1, 0.15) is 17.4 Å². The molecule has 2 atom stereocenters. The Morgan fingerprint density at radius 1 is 1.18 bits per heavy atom. The summed E-state index contributed by atoms with van der Waals surface area (Å²) in [4.78, 5) is 38.5. The van der Waals surface area contributed by atoms with Crippen LogP contribution in [0.4, 0.5) is 4.79 Å². The Kier molecular flexibility index (Phi) is 5.14. The van der Waals surface area contributed by atoms with Gasteiger partial charge in [-0.1, -0.05) is 0 Å². The number of carbonyl (C=O) groups excluding carboxylic acids is 3. The SMILES string of the molecule is COC(=O)C1(C(=O)OC)C[C@@H]2CCN(C(=O)OC(C)(C)C)N2[C@H]1c1ccco1. The smallest absolute Gasteiger partial charge is 0.425 e. The number of methoxy groups -OCH3 is 2. The normalized spacial score (nSPS) is 24.0. The summed E-state index contributed by atoms with van der Waals surface area (Å²) < 4.78 is 21.1. The van der Waals surface area contributed by atoms with Crippen LogP contribution >= 0.6 is 0 Å². The largest absolute Gasteiger partial charge is 0.468 e. The maximum atomic E-state index is 12.9. The van der Waals surface area contributed by atoms with E-state index < -0.39 is 35.1 Å². The molecule has 9 nitrogen and oxygen atoms in total. The fraction of sp³-hybridized carbons (Fsp3) is 0.632. The average Bonchev–Trinajstić information content (AvgIpc) is 3.33. The number of hydrazine groups is 1. The maximum Gasteiger partial charge on any atom is 0.425 e. The highest BCUT2D eigenvalue weighted by Crippen LogP contribution is 2.55. The minimum absolute atomic E-state index is 0.150. The van der Waals surface area contributed by atoms with Crippen molar-refractivity contribution in [2.75, 3.05) is 20.8 Å². The minimum Gasteiger partial charge on any atom is -0.468 e. The number of hydrogen-bond acceptors (Lipinski definition) is 8. The first kappa shape index (κ1) is 20.2. The molecule has 3 heterocycles. The van der Waals surface area contributed by atoms with Crippen LogP contribution in [0.1, 0.15) is 45.4 Å². The van der Waals surface area contributed by atoms with E-state index in [1.807, 2.05) is 0 Å². The highest BCUT2D eigenvalue weighted by atomic mass is 16.6. The standard InChI is InChI=1S/C19H26N2O7/c1-18(2,3)28-17(24)20-9-8-12-11-19(15(22)25-4,16(23)26-5)14(21(12)20)13-7-6-10-27-13/h6-7,10,12,14H,8-9,11H2,1-5H3/t12-,14-/m0/s1. The summed E-state index contributed by atoms with van der Waals surface area (Å²) in [6.45, 7) is 5.74. The van der Waals surface area contributed by atoms with Crippen LogP contribution in [0.15, 0.2) is 22.8 Å². The van der Waals surface area contributed by atoms with E-state index in [0.717, 1.165) is 0 Å². The van der Waals surface area contributed by atoms with E-state index in [0.29, 0.717) is 18.7 Å². The molecule has 0 radical (unpaired) electrons. The number of ether oxygens (including phenoxy) is 3. The molecule has 2 fully saturated rings. The van der Waals surface area contributed by atoms with E-state index in [4.69, 9.17) is 18.6 Å². The number of carbonyl (C=O) groups is 3. The molecule has 0 aromatic carbocycles. The number of nitrogens with zero attached hydrogens (tertiary/aromatic N) is 2. The van der Waals surface area contributed by atoms with Gasteiger partial charge in [0.15, 0.2) is 5.41 Å². The second-order valence-electron chi connectivity index (χ2n) is 8.00. The first-order valence-electron chi connectivity index (χ1n) is 9.14. The van der Waals surface area contributed by atoms with Crippen LogP contribution in [0.25, 0.3) is 0 Å². The summed E-state index contributed by atoms with van der Waals surface area (Å²) >= 11 is 0. The fourth-order valence-electron chi connectivity index (χ4n) is 4.13. The highest BCUT2D eigenvalue weighted by Gasteiger charge is 2.68. The van der Waals surface area contributed by atoms with Gasteiger partial charge in [0.25, 0.3) is 0 Å². The van der Waals surface area contributed by atoms with Crippen molar-refractivity contribution in [2.45, 2.75) is 51.3 Å². The van der Waals surface area contributed by atoms with Gasteiger partial charge in [-0.25, -0.2) is 14.8 Å². The summed E-state index contributed by atoms with van der Waals surface area (Å²) in [5, 5.41) is 3.15. The van der Waals surface area contributed by atoms with Crippen molar-refractivity contribution in [3.05, 3.63) is 24.2 Å². The Labute approximate surface area is 163 Å². The van der Waals surface area contributed by atoms with Crippen molar-refractivity contribution in [1.29, 1.82) is 0 Å². The molecule has 1 aromatic rings. The van der Waals surface area contributed by atoms with Crippen molar-refractivity contribution >= 4 is 18.0 Å². The number of furan rings is 1. The van der Waals surface area contributed by atoms with Crippen LogP contribution < -0.4 is 0 Å². The summed E-state index contributed by atoms with van der Waals surface area (Å²) in [5.74, 6) is -1.08. The Hall–Kier alpha value is -2.55. The van der Waals surface area contributed by atoms with E-state index in [-0.39, 0.29) is 12.5 Å². The van der Waals surface area contributed by atoms with Gasteiger partial charge in [-0.2, -0.15) is 0 Å². The van der Waals surface area contributed by atoms with Gasteiger partial charge in [-0.05, 0) is 45.7 Å². The lowest BCUT2D eigenvalue weighted by molar-refractivity contribution is -0.174. The second-order valence-corrected chi connectivity index (χ2v) is 8.00. The third-order valence-electron chi connectivity index (χ3n) is 5.13. The third kappa shape index (κ3) is 3.13. The molecule has 2 saturated heterocycles. The maximum absolute atomic E-state index is 12.9. The van der Waals surface area contributed by atoms with Gasteiger partial charge < -0.3 is 18.6 Å². The monoisotopic (exact) mass is 394 g/mol. The molecule has 0 aliphatic carbocycles. The van der Waals surface area contributed by atoms with Crippen molar-refractivity contribution in [3.63, 3.8) is 0 Å². The molecule has 28 heavy (non-hydrogen) atoms. The molecule has 154 valence electrons. The Morgan fingerprint density at radius 2 is 1.82 bits per heavy atom.